The fraction of sp³-hybridized carbons (Fsp3) is 0.556. The molecule has 9 aliphatic rings. The maximum absolute atomic E-state index is 8.46. The number of hydrogen-bond acceptors (Lipinski definition) is 12. The van der Waals surface area contributed by atoms with E-state index in [1.807, 2.05) is 0 Å². The van der Waals surface area contributed by atoms with Crippen LogP contribution in [0.4, 0.5) is 0 Å². The van der Waals surface area contributed by atoms with Gasteiger partial charge in [-0.3, -0.25) is 0 Å². The van der Waals surface area contributed by atoms with Crippen molar-refractivity contribution in [1.82, 2.24) is 0 Å². The molecule has 0 unspecified atom stereocenters. The lowest BCUT2D eigenvalue weighted by Gasteiger charge is -2.38. The minimum atomic E-state index is -1.00. The van der Waals surface area contributed by atoms with Gasteiger partial charge in [-0.05, 0) is 285 Å². The van der Waals surface area contributed by atoms with Gasteiger partial charge in [-0.2, -0.15) is 0 Å². The molecule has 12 heteroatoms. The number of fused-ring (bicyclic) bond motifs is 8. The van der Waals surface area contributed by atoms with Crippen molar-refractivity contribution in [2.75, 3.05) is 52.9 Å². The van der Waals surface area contributed by atoms with Crippen molar-refractivity contribution in [3.8, 4) is 46.0 Å². The summed E-state index contributed by atoms with van der Waals surface area (Å²) in [6.45, 7) is 23.1. The monoisotopic (exact) mass is 1630 g/mol. The number of rotatable bonds is 48. The average molecular weight is 1630 g/mol. The van der Waals surface area contributed by atoms with E-state index in [-0.39, 0.29) is 0 Å². The second kappa shape index (κ2) is 36.4. The van der Waals surface area contributed by atoms with Crippen LogP contribution in [-0.2, 0) is 63.8 Å². The predicted octanol–water partition coefficient (Wildman–Crippen LogP) is 28.6. The maximum Gasteiger partial charge on any atom is 0.161 e. The van der Waals surface area contributed by atoms with Crippen molar-refractivity contribution < 1.29 is 56.8 Å². The average Bonchev–Trinajstić information content (AvgIpc) is 1.48. The summed E-state index contributed by atoms with van der Waals surface area (Å²) in [5.74, 6) is 6.31. The number of ether oxygens (including phenoxy) is 12. The molecule has 1 fully saturated rings. The topological polar surface area (TPSA) is 111 Å². The number of hydrogen-bond donors (Lipinski definition) is 0. The summed E-state index contributed by atoms with van der Waals surface area (Å²) < 4.78 is 88.9. The molecule has 8 atom stereocenters. The van der Waals surface area contributed by atoms with Gasteiger partial charge in [0, 0.05) is 25.7 Å². The molecule has 0 saturated carbocycles. The third kappa shape index (κ3) is 16.2. The first-order chi connectivity index (χ1) is 58.8. The van der Waals surface area contributed by atoms with Crippen LogP contribution in [0.1, 0.15) is 331 Å². The van der Waals surface area contributed by atoms with Gasteiger partial charge in [-0.25, -0.2) is 0 Å². The summed E-state index contributed by atoms with van der Waals surface area (Å²) in [5.41, 5.74) is 0.994. The SMILES string of the molecule is CCCCCCOc1cc2cc3c(cc2cc1OCCCCCC)[C@]12C=C[C@]3(C[C@@]34C=C[C@@](C[C@]56C=C[C@](C[C@@]78C=C[C@@](C1)(O7)c1cc7cc(OCCCCCC)c(OCCCCCC)cc7cc18)(O5)c1cc5cc(OCCCCCC)c(OCCCCCC)cc5cc16)(O3)c1cc3cc(OCCCCCC)c(OCCCCCC)cc3cc14)O2. The molecular weight excluding hydrogens is 1490 g/mol. The second-order valence-corrected chi connectivity index (χ2v) is 37.0. The van der Waals surface area contributed by atoms with Gasteiger partial charge in [-0.15, -0.1) is 0 Å². The summed E-state index contributed by atoms with van der Waals surface area (Å²) in [6, 6.07) is 37.5. The summed E-state index contributed by atoms with van der Waals surface area (Å²) in [5, 5.41) is 8.63. The molecule has 0 amide bonds. The molecule has 9 heterocycles. The molecule has 640 valence electrons. The zero-order valence-corrected chi connectivity index (χ0v) is 73.9. The molecule has 0 radical (unpaired) electrons. The molecule has 8 aromatic rings. The van der Waals surface area contributed by atoms with Gasteiger partial charge < -0.3 is 56.8 Å². The molecule has 17 rings (SSSR count). The van der Waals surface area contributed by atoms with Crippen LogP contribution in [0.2, 0.25) is 0 Å². The largest absolute Gasteiger partial charge is 0.490 e. The number of unbranched alkanes of at least 4 members (excludes halogenated alkanes) is 24. The van der Waals surface area contributed by atoms with E-state index in [9.17, 15) is 0 Å². The highest BCUT2D eigenvalue weighted by Gasteiger charge is 2.71. The molecule has 12 nitrogen and oxygen atoms in total. The summed E-state index contributed by atoms with van der Waals surface area (Å²) in [4.78, 5) is 0. The van der Waals surface area contributed by atoms with Gasteiger partial charge in [0.25, 0.3) is 0 Å². The van der Waals surface area contributed by atoms with E-state index in [1.165, 1.54) is 51.4 Å². The standard InChI is InChI=1S/C108H136O12/c1-9-17-25-33-49-109-93-65-77-57-85-86(58-78(77)66-94(93)110-50-34-26-18-10-2)102-42-41-101(85,117-102)73-103-43-44-105(118-103,88-60-80-68-96(112-52-36-28-20-12-4)95(67-79(80)59-87(88)103)111-51-35-27-19-11-3)75-107-47-48-108(120-107,92-64-84-72-100(116-56-40-32-24-16-8)99(71-83(84)63-91(92)107)115-55-39-31-23-15-7)76-106-46-45-104(74-102,119-106)89-61-81-69-97(113-53-37-29-21-13-5)98(70-82(81)62-90(89)106)114-54-38-30-22-14-6/h41-48,57-72H,9-40,49-56,73-76H2,1-8H3/t101-,102+,103-,104+,105+,106-,107+,108-. The van der Waals surface area contributed by atoms with Crippen LogP contribution in [0.5, 0.6) is 46.0 Å². The molecule has 0 aromatic heterocycles. The van der Waals surface area contributed by atoms with Crippen LogP contribution < -0.4 is 37.9 Å². The molecule has 0 aliphatic carbocycles. The molecule has 0 N–H and O–H groups in total. The minimum absolute atomic E-state index is 0.450. The summed E-state index contributed by atoms with van der Waals surface area (Å²) in [6.07, 6.45) is 56.6. The van der Waals surface area contributed by atoms with Gasteiger partial charge in [-0.1, -0.05) is 209 Å². The molecule has 9 aliphatic heterocycles. The molecule has 8 bridgehead atoms. The van der Waals surface area contributed by atoms with Crippen molar-refractivity contribution in [3.05, 3.63) is 190 Å². The first kappa shape index (κ1) is 84.2. The third-order valence-electron chi connectivity index (χ3n) is 27.9. The Balaban J connectivity index is 0.869. The van der Waals surface area contributed by atoms with Crippen molar-refractivity contribution in [1.29, 1.82) is 0 Å². The van der Waals surface area contributed by atoms with Crippen molar-refractivity contribution in [2.24, 2.45) is 0 Å². The fourth-order valence-corrected chi connectivity index (χ4v) is 21.5. The van der Waals surface area contributed by atoms with Crippen molar-refractivity contribution >= 4 is 43.1 Å². The Hall–Kier alpha value is -8.00. The van der Waals surface area contributed by atoms with Crippen molar-refractivity contribution in [3.63, 3.8) is 0 Å². The Kier molecular flexibility index (Phi) is 25.6. The van der Waals surface area contributed by atoms with Gasteiger partial charge in [0.2, 0.25) is 0 Å². The Morgan fingerprint density at radius 3 is 0.417 bits per heavy atom. The fourth-order valence-electron chi connectivity index (χ4n) is 21.5. The highest BCUT2D eigenvalue weighted by Crippen LogP contribution is 2.73. The first-order valence-electron chi connectivity index (χ1n) is 47.9. The van der Waals surface area contributed by atoms with Crippen LogP contribution in [0.25, 0.3) is 43.1 Å². The van der Waals surface area contributed by atoms with E-state index in [0.29, 0.717) is 78.5 Å². The summed E-state index contributed by atoms with van der Waals surface area (Å²) in [7, 11) is 0. The van der Waals surface area contributed by atoms with E-state index in [1.54, 1.807) is 0 Å². The van der Waals surface area contributed by atoms with Crippen LogP contribution >= 0.6 is 0 Å². The molecule has 1 saturated heterocycles. The Morgan fingerprint density at radius 1 is 0.175 bits per heavy atom. The highest BCUT2D eigenvalue weighted by molar-refractivity contribution is 5.93. The van der Waals surface area contributed by atoms with Crippen LogP contribution in [0.3, 0.4) is 0 Å². The van der Waals surface area contributed by atoms with Crippen molar-refractivity contribution in [2.45, 2.75) is 331 Å². The molecule has 8 aromatic carbocycles. The van der Waals surface area contributed by atoms with Gasteiger partial charge in [0.15, 0.2) is 46.0 Å². The van der Waals surface area contributed by atoms with Gasteiger partial charge in [0.05, 0.1) is 52.9 Å². The van der Waals surface area contributed by atoms with E-state index in [0.717, 1.165) is 288 Å². The van der Waals surface area contributed by atoms with Gasteiger partial charge >= 0.3 is 0 Å². The zero-order chi connectivity index (χ0) is 82.4. The first-order valence-corrected chi connectivity index (χ1v) is 47.9. The maximum atomic E-state index is 8.46. The molecule has 0 spiro atoms. The second-order valence-electron chi connectivity index (χ2n) is 37.0. The number of benzene rings is 8. The van der Waals surface area contributed by atoms with Crippen LogP contribution in [-0.4, -0.2) is 52.9 Å². The van der Waals surface area contributed by atoms with E-state index < -0.39 is 44.8 Å². The molecule has 120 heavy (non-hydrogen) atoms. The lowest BCUT2D eigenvalue weighted by Crippen LogP contribution is -2.38. The Morgan fingerprint density at radius 2 is 0.300 bits per heavy atom. The summed E-state index contributed by atoms with van der Waals surface area (Å²) >= 11 is 0. The van der Waals surface area contributed by atoms with E-state index in [4.69, 9.17) is 56.8 Å². The smallest absolute Gasteiger partial charge is 0.161 e. The highest BCUT2D eigenvalue weighted by atomic mass is 16.6. The lowest BCUT2D eigenvalue weighted by molar-refractivity contribution is -0.189. The lowest BCUT2D eigenvalue weighted by atomic mass is 9.67. The van der Waals surface area contributed by atoms with Gasteiger partial charge in [0.1, 0.15) is 44.8 Å². The predicted molar refractivity (Wildman–Crippen MR) is 486 cm³/mol. The zero-order valence-electron chi connectivity index (χ0n) is 73.9. The van der Waals surface area contributed by atoms with E-state index in [2.05, 4.69) is 201 Å². The normalized spacial score (nSPS) is 24.9. The Bertz CT molecular complexity index is 4180. The minimum Gasteiger partial charge on any atom is -0.490 e. The molecular formula is C108H136O12. The Labute approximate surface area is 716 Å². The van der Waals surface area contributed by atoms with Crippen LogP contribution in [0.15, 0.2) is 146 Å². The third-order valence-corrected chi connectivity index (χ3v) is 27.9. The van der Waals surface area contributed by atoms with Crippen LogP contribution in [0, 0.1) is 0 Å². The quantitative estimate of drug-likeness (QED) is 0.0267. The van der Waals surface area contributed by atoms with E-state index >= 15 is 0 Å².